The van der Waals surface area contributed by atoms with Crippen molar-refractivity contribution in [1.82, 2.24) is 5.32 Å². The molecule has 0 radical (unpaired) electrons. The molecule has 0 heterocycles. The van der Waals surface area contributed by atoms with Gasteiger partial charge in [0.05, 0.1) is 0 Å². The Bertz CT molecular complexity index is 418. The molecule has 0 aliphatic rings. The highest BCUT2D eigenvalue weighted by molar-refractivity contribution is 5.77. The van der Waals surface area contributed by atoms with Gasteiger partial charge in [0.2, 0.25) is 0 Å². The third-order valence-corrected chi connectivity index (χ3v) is 2.55. The van der Waals surface area contributed by atoms with E-state index in [4.69, 9.17) is 10.5 Å². The van der Waals surface area contributed by atoms with E-state index in [0.717, 1.165) is 22.4 Å². The van der Waals surface area contributed by atoms with Crippen LogP contribution in [0.1, 0.15) is 16.7 Å². The van der Waals surface area contributed by atoms with Crippen molar-refractivity contribution < 1.29 is 9.53 Å². The van der Waals surface area contributed by atoms with Crippen LogP contribution < -0.4 is 15.8 Å². The summed E-state index contributed by atoms with van der Waals surface area (Å²) in [4.78, 5) is 11.4. The number of carbonyl (C=O) groups excluding carboxylic acids is 1. The van der Waals surface area contributed by atoms with Gasteiger partial charge in [0.15, 0.2) is 6.61 Å². The van der Waals surface area contributed by atoms with E-state index in [1.165, 1.54) is 0 Å². The first-order valence-electron chi connectivity index (χ1n) is 5.89. The number of aryl methyl sites for hydroxylation is 2. The third-order valence-electron chi connectivity index (χ3n) is 2.55. The Morgan fingerprint density at radius 1 is 1.44 bits per heavy atom. The number of nitrogens with two attached hydrogens (primary N) is 1. The van der Waals surface area contributed by atoms with E-state index in [2.05, 4.69) is 11.9 Å². The van der Waals surface area contributed by atoms with Gasteiger partial charge in [-0.05, 0) is 30.5 Å². The molecule has 0 bridgehead atoms. The van der Waals surface area contributed by atoms with Gasteiger partial charge in [-0.1, -0.05) is 18.2 Å². The molecule has 0 unspecified atom stereocenters. The van der Waals surface area contributed by atoms with E-state index < -0.39 is 0 Å². The molecule has 1 rings (SSSR count). The van der Waals surface area contributed by atoms with E-state index in [0.29, 0.717) is 13.1 Å². The van der Waals surface area contributed by atoms with Crippen LogP contribution in [0.15, 0.2) is 24.8 Å². The molecule has 0 atom stereocenters. The van der Waals surface area contributed by atoms with Gasteiger partial charge in [0.1, 0.15) is 5.75 Å². The highest BCUT2D eigenvalue weighted by Crippen LogP contribution is 2.24. The standard InChI is InChI=1S/C14H20N2O2/c1-4-5-16-13(17)9-18-14-10(2)6-12(8-15)7-11(14)3/h4,6-7H,1,5,8-9,15H2,2-3H3,(H,16,17). The van der Waals surface area contributed by atoms with Crippen LogP contribution in [0.3, 0.4) is 0 Å². The van der Waals surface area contributed by atoms with Crippen LogP contribution in [0.25, 0.3) is 0 Å². The lowest BCUT2D eigenvalue weighted by atomic mass is 10.1. The van der Waals surface area contributed by atoms with Crippen molar-refractivity contribution in [1.29, 1.82) is 0 Å². The third kappa shape index (κ3) is 3.89. The molecule has 0 saturated heterocycles. The van der Waals surface area contributed by atoms with E-state index in [-0.39, 0.29) is 12.5 Å². The SMILES string of the molecule is C=CCNC(=O)COc1c(C)cc(CN)cc1C. The summed E-state index contributed by atoms with van der Waals surface area (Å²) in [5.41, 5.74) is 8.65. The number of hydrogen-bond donors (Lipinski definition) is 2. The van der Waals surface area contributed by atoms with Gasteiger partial charge in [0, 0.05) is 13.1 Å². The normalized spacial score (nSPS) is 9.94. The molecule has 3 N–H and O–H groups in total. The maximum Gasteiger partial charge on any atom is 0.258 e. The van der Waals surface area contributed by atoms with Crippen LogP contribution >= 0.6 is 0 Å². The molecule has 18 heavy (non-hydrogen) atoms. The second-order valence-electron chi connectivity index (χ2n) is 4.14. The largest absolute Gasteiger partial charge is 0.483 e. The van der Waals surface area contributed by atoms with Crippen molar-refractivity contribution in [2.75, 3.05) is 13.2 Å². The van der Waals surface area contributed by atoms with Crippen molar-refractivity contribution in [2.45, 2.75) is 20.4 Å². The summed E-state index contributed by atoms with van der Waals surface area (Å²) >= 11 is 0. The summed E-state index contributed by atoms with van der Waals surface area (Å²) in [5.74, 6) is 0.595. The minimum Gasteiger partial charge on any atom is -0.483 e. The topological polar surface area (TPSA) is 64.3 Å². The summed E-state index contributed by atoms with van der Waals surface area (Å²) in [5, 5.41) is 2.66. The van der Waals surface area contributed by atoms with Crippen LogP contribution in [-0.4, -0.2) is 19.1 Å². The van der Waals surface area contributed by atoms with Crippen LogP contribution in [0.2, 0.25) is 0 Å². The predicted molar refractivity (Wildman–Crippen MR) is 72.5 cm³/mol. The maximum absolute atomic E-state index is 11.4. The number of amides is 1. The van der Waals surface area contributed by atoms with Gasteiger partial charge in [-0.25, -0.2) is 0 Å². The highest BCUT2D eigenvalue weighted by Gasteiger charge is 2.08. The summed E-state index contributed by atoms with van der Waals surface area (Å²) < 4.78 is 5.54. The Morgan fingerprint density at radius 3 is 2.56 bits per heavy atom. The summed E-state index contributed by atoms with van der Waals surface area (Å²) in [6.45, 7) is 8.39. The van der Waals surface area contributed by atoms with Gasteiger partial charge in [-0.2, -0.15) is 0 Å². The lowest BCUT2D eigenvalue weighted by Gasteiger charge is -2.13. The highest BCUT2D eigenvalue weighted by atomic mass is 16.5. The average molecular weight is 248 g/mol. The molecule has 0 aliphatic carbocycles. The fourth-order valence-corrected chi connectivity index (χ4v) is 1.76. The summed E-state index contributed by atoms with van der Waals surface area (Å²) in [6.07, 6.45) is 1.63. The van der Waals surface area contributed by atoms with Gasteiger partial charge in [0.25, 0.3) is 5.91 Å². The molecule has 0 spiro atoms. The number of rotatable bonds is 6. The minimum atomic E-state index is -0.156. The smallest absolute Gasteiger partial charge is 0.258 e. The van der Waals surface area contributed by atoms with Crippen LogP contribution in [0, 0.1) is 13.8 Å². The van der Waals surface area contributed by atoms with Gasteiger partial charge < -0.3 is 15.8 Å². The molecular formula is C14H20N2O2. The van der Waals surface area contributed by atoms with Crippen molar-refractivity contribution >= 4 is 5.91 Å². The lowest BCUT2D eigenvalue weighted by Crippen LogP contribution is -2.29. The Balaban J connectivity index is 2.67. The van der Waals surface area contributed by atoms with Crippen molar-refractivity contribution in [3.63, 3.8) is 0 Å². The number of benzene rings is 1. The fraction of sp³-hybridized carbons (Fsp3) is 0.357. The fourth-order valence-electron chi connectivity index (χ4n) is 1.76. The molecule has 4 nitrogen and oxygen atoms in total. The first-order valence-corrected chi connectivity index (χ1v) is 5.89. The molecule has 1 aromatic rings. The molecule has 1 aromatic carbocycles. The molecule has 0 fully saturated rings. The Hall–Kier alpha value is -1.81. The molecule has 4 heteroatoms. The Morgan fingerprint density at radius 2 is 2.06 bits per heavy atom. The van der Waals surface area contributed by atoms with Crippen molar-refractivity contribution in [3.8, 4) is 5.75 Å². The number of nitrogens with one attached hydrogen (secondary N) is 1. The quantitative estimate of drug-likeness (QED) is 0.749. The molecule has 0 aromatic heterocycles. The van der Waals surface area contributed by atoms with Crippen molar-refractivity contribution in [3.05, 3.63) is 41.5 Å². The monoisotopic (exact) mass is 248 g/mol. The van der Waals surface area contributed by atoms with Crippen LogP contribution in [-0.2, 0) is 11.3 Å². The molecule has 1 amide bonds. The Labute approximate surface area is 108 Å². The average Bonchev–Trinajstić information content (AvgIpc) is 2.34. The van der Waals surface area contributed by atoms with Gasteiger partial charge in [-0.15, -0.1) is 6.58 Å². The molecule has 0 aliphatic heterocycles. The molecule has 98 valence electrons. The predicted octanol–water partition coefficient (Wildman–Crippen LogP) is 1.44. The number of carbonyl (C=O) groups is 1. The van der Waals surface area contributed by atoms with E-state index in [1.54, 1.807) is 6.08 Å². The zero-order valence-corrected chi connectivity index (χ0v) is 11.0. The van der Waals surface area contributed by atoms with Crippen LogP contribution in [0.4, 0.5) is 0 Å². The van der Waals surface area contributed by atoms with E-state index >= 15 is 0 Å². The molecular weight excluding hydrogens is 228 g/mol. The van der Waals surface area contributed by atoms with Gasteiger partial charge in [-0.3, -0.25) is 4.79 Å². The zero-order chi connectivity index (χ0) is 13.5. The minimum absolute atomic E-state index is 0.0114. The first-order chi connectivity index (χ1) is 8.58. The maximum atomic E-state index is 11.4. The second-order valence-corrected chi connectivity index (χ2v) is 4.14. The van der Waals surface area contributed by atoms with E-state index in [9.17, 15) is 4.79 Å². The molecule has 0 saturated carbocycles. The number of hydrogen-bond acceptors (Lipinski definition) is 3. The zero-order valence-electron chi connectivity index (χ0n) is 11.0. The van der Waals surface area contributed by atoms with E-state index in [1.807, 2.05) is 26.0 Å². The van der Waals surface area contributed by atoms with Gasteiger partial charge >= 0.3 is 0 Å². The van der Waals surface area contributed by atoms with Crippen LogP contribution in [0.5, 0.6) is 5.75 Å². The first kappa shape index (κ1) is 14.3. The lowest BCUT2D eigenvalue weighted by molar-refractivity contribution is -0.122. The summed E-state index contributed by atoms with van der Waals surface area (Å²) in [7, 11) is 0. The summed E-state index contributed by atoms with van der Waals surface area (Å²) in [6, 6.07) is 3.95. The Kier molecular flexibility index (Phi) is 5.39. The number of ether oxygens (including phenoxy) is 1. The van der Waals surface area contributed by atoms with Crippen molar-refractivity contribution in [2.24, 2.45) is 5.73 Å². The second kappa shape index (κ2) is 6.81.